The van der Waals surface area contributed by atoms with E-state index in [4.69, 9.17) is 0 Å². The summed E-state index contributed by atoms with van der Waals surface area (Å²) in [6.07, 6.45) is 11.6. The summed E-state index contributed by atoms with van der Waals surface area (Å²) < 4.78 is 0. The first-order valence-electron chi connectivity index (χ1n) is 5.95. The Morgan fingerprint density at radius 2 is 2.21 bits per heavy atom. The van der Waals surface area contributed by atoms with Crippen LogP contribution in [0.3, 0.4) is 0 Å². The molecule has 0 aromatic heterocycles. The minimum Gasteiger partial charge on any atom is -0.393 e. The van der Waals surface area contributed by atoms with Crippen molar-refractivity contribution < 1.29 is 5.11 Å². The molecule has 0 aromatic carbocycles. The first-order chi connectivity index (χ1) is 6.66. The maximum Gasteiger partial charge on any atom is 0.0545 e. The van der Waals surface area contributed by atoms with E-state index < -0.39 is 0 Å². The Hall–Kier alpha value is -0.300. The van der Waals surface area contributed by atoms with Crippen molar-refractivity contribution >= 4 is 0 Å². The molecule has 0 radical (unpaired) electrons. The van der Waals surface area contributed by atoms with Crippen LogP contribution in [-0.2, 0) is 0 Å². The van der Waals surface area contributed by atoms with Crippen LogP contribution in [-0.4, -0.2) is 11.2 Å². The van der Waals surface area contributed by atoms with E-state index >= 15 is 0 Å². The number of hydrogen-bond acceptors (Lipinski definition) is 1. The molecule has 0 saturated heterocycles. The van der Waals surface area contributed by atoms with Crippen LogP contribution in [0.4, 0.5) is 0 Å². The summed E-state index contributed by atoms with van der Waals surface area (Å²) in [5.74, 6) is 0. The van der Waals surface area contributed by atoms with Crippen molar-refractivity contribution in [3.8, 4) is 0 Å². The molecule has 1 aliphatic rings. The van der Waals surface area contributed by atoms with E-state index in [1.807, 2.05) is 6.08 Å². The lowest BCUT2D eigenvalue weighted by Crippen LogP contribution is -2.13. The fourth-order valence-electron chi connectivity index (χ4n) is 2.53. The molecule has 0 heterocycles. The minimum absolute atomic E-state index is 0.0202. The Morgan fingerprint density at radius 1 is 1.43 bits per heavy atom. The third-order valence-corrected chi connectivity index (χ3v) is 3.50. The second kappa shape index (κ2) is 5.55. The van der Waals surface area contributed by atoms with Crippen LogP contribution < -0.4 is 0 Å². The molecule has 1 aliphatic carbocycles. The van der Waals surface area contributed by atoms with Crippen LogP contribution in [0.2, 0.25) is 0 Å². The first kappa shape index (κ1) is 11.8. The molecule has 0 aromatic rings. The van der Waals surface area contributed by atoms with Crippen molar-refractivity contribution in [1.29, 1.82) is 0 Å². The molecule has 0 aliphatic heterocycles. The van der Waals surface area contributed by atoms with Crippen molar-refractivity contribution in [2.24, 2.45) is 5.41 Å². The van der Waals surface area contributed by atoms with Crippen LogP contribution in [0.15, 0.2) is 12.7 Å². The summed E-state index contributed by atoms with van der Waals surface area (Å²) in [7, 11) is 0. The lowest BCUT2D eigenvalue weighted by molar-refractivity contribution is 0.159. The normalized spacial score (nSPS) is 32.0. The molecule has 0 amide bonds. The average Bonchev–Trinajstić information content (AvgIpc) is 2.47. The van der Waals surface area contributed by atoms with E-state index in [9.17, 15) is 5.11 Å². The maximum absolute atomic E-state index is 9.49. The number of aliphatic hydroxyl groups is 1. The lowest BCUT2D eigenvalue weighted by atomic mass is 9.83. The number of allylic oxidation sites excluding steroid dienone is 1. The summed E-state index contributed by atoms with van der Waals surface area (Å²) in [4.78, 5) is 0. The molecule has 1 saturated carbocycles. The predicted molar refractivity (Wildman–Crippen MR) is 61.2 cm³/mol. The van der Waals surface area contributed by atoms with E-state index in [0.717, 1.165) is 19.3 Å². The molecule has 14 heavy (non-hydrogen) atoms. The molecule has 0 bridgehead atoms. The zero-order valence-corrected chi connectivity index (χ0v) is 9.47. The van der Waals surface area contributed by atoms with Crippen molar-refractivity contribution in [3.63, 3.8) is 0 Å². The Kier molecular flexibility index (Phi) is 4.67. The van der Waals surface area contributed by atoms with Crippen LogP contribution in [0, 0.1) is 5.41 Å². The van der Waals surface area contributed by atoms with Gasteiger partial charge in [0.05, 0.1) is 6.10 Å². The number of unbranched alkanes of at least 4 members (excludes halogenated alkanes) is 3. The van der Waals surface area contributed by atoms with Gasteiger partial charge in [-0.3, -0.25) is 0 Å². The standard InChI is InChI=1S/C13H24O/c1-3-4-5-6-7-9-13(2)10-8-12(14)11-13/h3,12,14H,1,4-11H2,2H3. The van der Waals surface area contributed by atoms with Gasteiger partial charge in [0.25, 0.3) is 0 Å². The average molecular weight is 196 g/mol. The molecule has 1 nitrogen and oxygen atoms in total. The summed E-state index contributed by atoms with van der Waals surface area (Å²) in [5.41, 5.74) is 0.438. The van der Waals surface area contributed by atoms with Crippen LogP contribution in [0.25, 0.3) is 0 Å². The molecule has 2 atom stereocenters. The van der Waals surface area contributed by atoms with Crippen LogP contribution >= 0.6 is 0 Å². The minimum atomic E-state index is -0.0202. The fourth-order valence-corrected chi connectivity index (χ4v) is 2.53. The van der Waals surface area contributed by atoms with Gasteiger partial charge in [0.2, 0.25) is 0 Å². The zero-order chi connectivity index (χ0) is 10.4. The fraction of sp³-hybridized carbons (Fsp3) is 0.846. The van der Waals surface area contributed by atoms with Crippen LogP contribution in [0.5, 0.6) is 0 Å². The number of aliphatic hydroxyl groups excluding tert-OH is 1. The largest absolute Gasteiger partial charge is 0.393 e. The molecule has 2 unspecified atom stereocenters. The van der Waals surface area contributed by atoms with Crippen molar-refractivity contribution in [3.05, 3.63) is 12.7 Å². The van der Waals surface area contributed by atoms with E-state index in [-0.39, 0.29) is 6.10 Å². The summed E-state index contributed by atoms with van der Waals surface area (Å²) in [6.45, 7) is 6.06. The molecular formula is C13H24O. The van der Waals surface area contributed by atoms with Crippen LogP contribution in [0.1, 0.15) is 58.3 Å². The zero-order valence-electron chi connectivity index (χ0n) is 9.47. The number of rotatable bonds is 6. The smallest absolute Gasteiger partial charge is 0.0545 e. The van der Waals surface area contributed by atoms with Gasteiger partial charge >= 0.3 is 0 Å². The van der Waals surface area contributed by atoms with E-state index in [0.29, 0.717) is 5.41 Å². The quantitative estimate of drug-likeness (QED) is 0.507. The second-order valence-electron chi connectivity index (χ2n) is 5.10. The van der Waals surface area contributed by atoms with Gasteiger partial charge in [-0.25, -0.2) is 0 Å². The molecule has 1 fully saturated rings. The Labute approximate surface area is 88.2 Å². The van der Waals surface area contributed by atoms with Crippen molar-refractivity contribution in [2.45, 2.75) is 64.4 Å². The Morgan fingerprint density at radius 3 is 2.79 bits per heavy atom. The molecule has 1 rings (SSSR count). The third-order valence-electron chi connectivity index (χ3n) is 3.50. The molecule has 0 spiro atoms. The monoisotopic (exact) mass is 196 g/mol. The highest BCUT2D eigenvalue weighted by atomic mass is 16.3. The summed E-state index contributed by atoms with van der Waals surface area (Å²) in [6, 6.07) is 0. The Bertz CT molecular complexity index is 176. The van der Waals surface area contributed by atoms with Crippen molar-refractivity contribution in [2.75, 3.05) is 0 Å². The molecule has 1 N–H and O–H groups in total. The maximum atomic E-state index is 9.49. The first-order valence-corrected chi connectivity index (χ1v) is 5.95. The number of hydrogen-bond donors (Lipinski definition) is 1. The highest BCUT2D eigenvalue weighted by Crippen LogP contribution is 2.41. The van der Waals surface area contributed by atoms with Crippen molar-refractivity contribution in [1.82, 2.24) is 0 Å². The van der Waals surface area contributed by atoms with Gasteiger partial charge in [-0.2, -0.15) is 0 Å². The van der Waals surface area contributed by atoms with Gasteiger partial charge < -0.3 is 5.11 Å². The molecule has 82 valence electrons. The van der Waals surface area contributed by atoms with E-state index in [2.05, 4.69) is 13.5 Å². The summed E-state index contributed by atoms with van der Waals surface area (Å²) in [5, 5.41) is 9.49. The summed E-state index contributed by atoms with van der Waals surface area (Å²) >= 11 is 0. The Balaban J connectivity index is 2.08. The molecular weight excluding hydrogens is 172 g/mol. The predicted octanol–water partition coefficient (Wildman–Crippen LogP) is 3.67. The highest BCUT2D eigenvalue weighted by molar-refractivity contribution is 4.85. The topological polar surface area (TPSA) is 20.2 Å². The molecule has 1 heteroatoms. The second-order valence-corrected chi connectivity index (χ2v) is 5.10. The SMILES string of the molecule is C=CCCCCCC1(C)CCC(O)C1. The van der Waals surface area contributed by atoms with Gasteiger partial charge in [-0.05, 0) is 43.9 Å². The van der Waals surface area contributed by atoms with Gasteiger partial charge in [-0.15, -0.1) is 6.58 Å². The van der Waals surface area contributed by atoms with Gasteiger partial charge in [0.15, 0.2) is 0 Å². The highest BCUT2D eigenvalue weighted by Gasteiger charge is 2.33. The van der Waals surface area contributed by atoms with E-state index in [1.54, 1.807) is 0 Å². The van der Waals surface area contributed by atoms with E-state index in [1.165, 1.54) is 32.1 Å². The van der Waals surface area contributed by atoms with Gasteiger partial charge in [0, 0.05) is 0 Å². The van der Waals surface area contributed by atoms with Gasteiger partial charge in [0.1, 0.15) is 0 Å². The van der Waals surface area contributed by atoms with Gasteiger partial charge in [-0.1, -0.05) is 25.8 Å². The lowest BCUT2D eigenvalue weighted by Gasteiger charge is -2.23. The third kappa shape index (κ3) is 3.83.